The van der Waals surface area contributed by atoms with Crippen LogP contribution in [0.4, 0.5) is 5.69 Å². The van der Waals surface area contributed by atoms with Gasteiger partial charge in [0.2, 0.25) is 0 Å². The van der Waals surface area contributed by atoms with E-state index in [1.165, 1.54) is 0 Å². The maximum absolute atomic E-state index is 5.74. The van der Waals surface area contributed by atoms with Crippen LogP contribution in [-0.4, -0.2) is 18.1 Å². The molecule has 0 spiro atoms. The number of rotatable bonds is 4. The summed E-state index contributed by atoms with van der Waals surface area (Å²) in [5, 5.41) is 4.35. The number of benzene rings is 1. The Kier molecular flexibility index (Phi) is 3.93. The number of fused-ring (bicyclic) bond motifs is 1. The Labute approximate surface area is 115 Å². The van der Waals surface area contributed by atoms with E-state index in [0.29, 0.717) is 5.92 Å². The molecular weight excluding hydrogens is 236 g/mol. The standard InChI is InChI=1S/C16H22N2O/c1-10(2)15-9-16(17-5)13-8-12(19-11(3)4)6-7-14(13)18-15/h6-11H,1-5H3,(H,17,18). The zero-order valence-electron chi connectivity index (χ0n) is 12.3. The lowest BCUT2D eigenvalue weighted by Crippen LogP contribution is -2.05. The molecule has 0 atom stereocenters. The predicted octanol–water partition coefficient (Wildman–Crippen LogP) is 4.19. The highest BCUT2D eigenvalue weighted by Gasteiger charge is 2.09. The molecule has 0 saturated heterocycles. The molecular formula is C16H22N2O. The normalized spacial score (nSPS) is 11.3. The van der Waals surface area contributed by atoms with Gasteiger partial charge in [-0.05, 0) is 44.0 Å². The van der Waals surface area contributed by atoms with Gasteiger partial charge in [0.05, 0.1) is 11.6 Å². The van der Waals surface area contributed by atoms with Crippen molar-refractivity contribution in [2.24, 2.45) is 0 Å². The maximum atomic E-state index is 5.74. The quantitative estimate of drug-likeness (QED) is 0.893. The van der Waals surface area contributed by atoms with Crippen molar-refractivity contribution in [3.8, 4) is 5.75 Å². The Morgan fingerprint density at radius 1 is 1.11 bits per heavy atom. The van der Waals surface area contributed by atoms with E-state index >= 15 is 0 Å². The first kappa shape index (κ1) is 13.7. The smallest absolute Gasteiger partial charge is 0.120 e. The Bertz CT molecular complexity index is 576. The molecule has 0 aliphatic rings. The molecule has 3 heteroatoms. The van der Waals surface area contributed by atoms with Crippen LogP contribution < -0.4 is 10.1 Å². The summed E-state index contributed by atoms with van der Waals surface area (Å²) >= 11 is 0. The molecule has 1 aromatic heterocycles. The molecule has 102 valence electrons. The fraction of sp³-hybridized carbons (Fsp3) is 0.438. The summed E-state index contributed by atoms with van der Waals surface area (Å²) < 4.78 is 5.74. The molecule has 0 bridgehead atoms. The predicted molar refractivity (Wildman–Crippen MR) is 81.1 cm³/mol. The number of hydrogen-bond donors (Lipinski definition) is 1. The zero-order chi connectivity index (χ0) is 14.0. The van der Waals surface area contributed by atoms with Gasteiger partial charge in [-0.3, -0.25) is 4.98 Å². The molecule has 0 fully saturated rings. The second kappa shape index (κ2) is 5.47. The molecule has 1 aromatic carbocycles. The van der Waals surface area contributed by atoms with Crippen LogP contribution in [0.3, 0.4) is 0 Å². The molecule has 0 aliphatic heterocycles. The zero-order valence-corrected chi connectivity index (χ0v) is 12.3. The number of hydrogen-bond acceptors (Lipinski definition) is 3. The summed E-state index contributed by atoms with van der Waals surface area (Å²) in [6, 6.07) is 8.18. The van der Waals surface area contributed by atoms with Crippen molar-refractivity contribution < 1.29 is 4.74 Å². The number of pyridine rings is 1. The average Bonchev–Trinajstić information content (AvgIpc) is 2.36. The Balaban J connectivity index is 2.55. The summed E-state index contributed by atoms with van der Waals surface area (Å²) in [5.41, 5.74) is 3.21. The highest BCUT2D eigenvalue weighted by molar-refractivity contribution is 5.92. The summed E-state index contributed by atoms with van der Waals surface area (Å²) in [5.74, 6) is 1.31. The van der Waals surface area contributed by atoms with Crippen LogP contribution in [0.2, 0.25) is 0 Å². The van der Waals surface area contributed by atoms with Gasteiger partial charge in [-0.25, -0.2) is 0 Å². The highest BCUT2D eigenvalue weighted by Crippen LogP contribution is 2.29. The fourth-order valence-corrected chi connectivity index (χ4v) is 2.07. The van der Waals surface area contributed by atoms with E-state index in [9.17, 15) is 0 Å². The van der Waals surface area contributed by atoms with Gasteiger partial charge < -0.3 is 10.1 Å². The Morgan fingerprint density at radius 3 is 2.42 bits per heavy atom. The average molecular weight is 258 g/mol. The van der Waals surface area contributed by atoms with Crippen LogP contribution in [0, 0.1) is 0 Å². The third kappa shape index (κ3) is 2.98. The van der Waals surface area contributed by atoms with Crippen molar-refractivity contribution in [2.45, 2.75) is 39.7 Å². The van der Waals surface area contributed by atoms with E-state index in [1.54, 1.807) is 0 Å². The Morgan fingerprint density at radius 2 is 1.84 bits per heavy atom. The van der Waals surface area contributed by atoms with Crippen molar-refractivity contribution in [3.05, 3.63) is 30.0 Å². The molecule has 0 unspecified atom stereocenters. The van der Waals surface area contributed by atoms with Gasteiger partial charge in [0.1, 0.15) is 5.75 Å². The largest absolute Gasteiger partial charge is 0.491 e. The molecule has 19 heavy (non-hydrogen) atoms. The molecule has 0 radical (unpaired) electrons. The molecule has 1 heterocycles. The first-order valence-corrected chi connectivity index (χ1v) is 6.80. The van der Waals surface area contributed by atoms with E-state index in [4.69, 9.17) is 9.72 Å². The van der Waals surface area contributed by atoms with E-state index in [2.05, 4.69) is 31.3 Å². The SMILES string of the molecule is CNc1cc(C(C)C)nc2ccc(OC(C)C)cc12. The topological polar surface area (TPSA) is 34.2 Å². The summed E-state index contributed by atoms with van der Waals surface area (Å²) in [7, 11) is 1.94. The van der Waals surface area contributed by atoms with Gasteiger partial charge in [-0.2, -0.15) is 0 Å². The van der Waals surface area contributed by atoms with Crippen LogP contribution in [-0.2, 0) is 0 Å². The van der Waals surface area contributed by atoms with Gasteiger partial charge >= 0.3 is 0 Å². The monoisotopic (exact) mass is 258 g/mol. The number of ether oxygens (including phenoxy) is 1. The van der Waals surface area contributed by atoms with Crippen molar-refractivity contribution in [1.82, 2.24) is 4.98 Å². The highest BCUT2D eigenvalue weighted by atomic mass is 16.5. The van der Waals surface area contributed by atoms with E-state index in [-0.39, 0.29) is 6.10 Å². The van der Waals surface area contributed by atoms with Crippen LogP contribution in [0.15, 0.2) is 24.3 Å². The number of anilines is 1. The van der Waals surface area contributed by atoms with Crippen LogP contribution in [0.1, 0.15) is 39.3 Å². The summed E-state index contributed by atoms with van der Waals surface area (Å²) in [6.45, 7) is 8.38. The minimum atomic E-state index is 0.179. The van der Waals surface area contributed by atoms with Gasteiger partial charge in [-0.1, -0.05) is 13.8 Å². The van der Waals surface area contributed by atoms with Gasteiger partial charge in [-0.15, -0.1) is 0 Å². The third-order valence-corrected chi connectivity index (χ3v) is 3.03. The maximum Gasteiger partial charge on any atom is 0.120 e. The molecule has 0 saturated carbocycles. The molecule has 1 N–H and O–H groups in total. The number of nitrogens with zero attached hydrogens (tertiary/aromatic N) is 1. The van der Waals surface area contributed by atoms with Crippen LogP contribution >= 0.6 is 0 Å². The van der Waals surface area contributed by atoms with Crippen LogP contribution in [0.5, 0.6) is 5.75 Å². The molecule has 0 aliphatic carbocycles. The second-order valence-corrected chi connectivity index (χ2v) is 5.34. The van der Waals surface area contributed by atoms with Crippen molar-refractivity contribution in [1.29, 1.82) is 0 Å². The fourth-order valence-electron chi connectivity index (χ4n) is 2.07. The molecule has 3 nitrogen and oxygen atoms in total. The summed E-state index contributed by atoms with van der Waals surface area (Å²) in [4.78, 5) is 4.71. The Hall–Kier alpha value is -1.77. The summed E-state index contributed by atoms with van der Waals surface area (Å²) in [6.07, 6.45) is 0.179. The molecule has 2 aromatic rings. The van der Waals surface area contributed by atoms with E-state index in [1.807, 2.05) is 33.0 Å². The lowest BCUT2D eigenvalue weighted by molar-refractivity contribution is 0.243. The minimum absolute atomic E-state index is 0.179. The lowest BCUT2D eigenvalue weighted by Gasteiger charge is -2.14. The van der Waals surface area contributed by atoms with E-state index in [0.717, 1.165) is 28.0 Å². The lowest BCUT2D eigenvalue weighted by atomic mass is 10.1. The van der Waals surface area contributed by atoms with Gasteiger partial charge in [0.15, 0.2) is 0 Å². The molecule has 2 rings (SSSR count). The first-order valence-electron chi connectivity index (χ1n) is 6.80. The van der Waals surface area contributed by atoms with E-state index < -0.39 is 0 Å². The minimum Gasteiger partial charge on any atom is -0.491 e. The second-order valence-electron chi connectivity index (χ2n) is 5.34. The number of aromatic nitrogens is 1. The first-order chi connectivity index (χ1) is 9.01. The van der Waals surface area contributed by atoms with Gasteiger partial charge in [0, 0.05) is 23.8 Å². The van der Waals surface area contributed by atoms with Crippen LogP contribution in [0.25, 0.3) is 10.9 Å². The van der Waals surface area contributed by atoms with Crippen molar-refractivity contribution in [3.63, 3.8) is 0 Å². The third-order valence-electron chi connectivity index (χ3n) is 3.03. The molecule has 0 amide bonds. The van der Waals surface area contributed by atoms with Gasteiger partial charge in [0.25, 0.3) is 0 Å². The van der Waals surface area contributed by atoms with Crippen molar-refractivity contribution >= 4 is 16.6 Å². The number of nitrogens with one attached hydrogen (secondary N) is 1. The van der Waals surface area contributed by atoms with Crippen molar-refractivity contribution in [2.75, 3.05) is 12.4 Å².